The van der Waals surface area contributed by atoms with Crippen LogP contribution in [0.5, 0.6) is 0 Å². The van der Waals surface area contributed by atoms with E-state index in [0.717, 1.165) is 31.5 Å². The number of nitrogens with zero attached hydrogens (tertiary/aromatic N) is 2. The Kier molecular flexibility index (Phi) is 11.6. The van der Waals surface area contributed by atoms with Crippen molar-refractivity contribution in [3.8, 4) is 0 Å². The molecule has 0 aromatic carbocycles. The quantitative estimate of drug-likeness (QED) is 0.412. The highest BCUT2D eigenvalue weighted by molar-refractivity contribution is 14.0. The zero-order valence-corrected chi connectivity index (χ0v) is 15.9. The molecule has 1 saturated carbocycles. The van der Waals surface area contributed by atoms with Gasteiger partial charge in [-0.1, -0.05) is 19.3 Å². The first kappa shape index (κ1) is 20.0. The largest absolute Gasteiger partial charge is 0.357 e. The van der Waals surface area contributed by atoms with Gasteiger partial charge in [-0.25, -0.2) is 0 Å². The molecule has 1 atom stereocenters. The fourth-order valence-electron chi connectivity index (χ4n) is 2.95. The third-order valence-electron chi connectivity index (χ3n) is 3.98. The fraction of sp³-hybridized carbons (Fsp3) is 0.933. The number of aliphatic imine (C=N–C) groups is 1. The van der Waals surface area contributed by atoms with Crippen LogP contribution in [0.15, 0.2) is 4.99 Å². The van der Waals surface area contributed by atoms with Gasteiger partial charge in [0.1, 0.15) is 0 Å². The normalized spacial score (nSPS) is 17.2. The highest BCUT2D eigenvalue weighted by atomic mass is 127. The molecule has 4 nitrogen and oxygen atoms in total. The van der Waals surface area contributed by atoms with Gasteiger partial charge in [0.15, 0.2) is 5.96 Å². The van der Waals surface area contributed by atoms with E-state index in [0.29, 0.717) is 6.04 Å². The molecular weight excluding hydrogens is 363 g/mol. The van der Waals surface area contributed by atoms with E-state index in [1.54, 1.807) is 0 Å². The van der Waals surface area contributed by atoms with E-state index in [9.17, 15) is 0 Å². The van der Waals surface area contributed by atoms with Crippen LogP contribution in [0.3, 0.4) is 0 Å². The maximum atomic E-state index is 4.75. The smallest absolute Gasteiger partial charge is 0.191 e. The summed E-state index contributed by atoms with van der Waals surface area (Å²) < 4.78 is 0. The number of rotatable bonds is 6. The van der Waals surface area contributed by atoms with Gasteiger partial charge in [0.25, 0.3) is 0 Å². The average molecular weight is 396 g/mol. The summed E-state index contributed by atoms with van der Waals surface area (Å²) in [7, 11) is 4.38. The molecule has 0 saturated heterocycles. The molecular formula is C15H33IN4. The molecule has 0 aromatic rings. The lowest BCUT2D eigenvalue weighted by Crippen LogP contribution is -2.42. The molecule has 1 fully saturated rings. The summed E-state index contributed by atoms with van der Waals surface area (Å²) in [6.07, 6.45) is 6.95. The van der Waals surface area contributed by atoms with Gasteiger partial charge in [-0.15, -0.1) is 24.0 Å². The molecule has 0 amide bonds. The Labute approximate surface area is 142 Å². The Morgan fingerprint density at radius 2 is 1.65 bits per heavy atom. The second-order valence-electron chi connectivity index (χ2n) is 5.68. The Morgan fingerprint density at radius 3 is 2.10 bits per heavy atom. The van der Waals surface area contributed by atoms with Crippen LogP contribution in [0.4, 0.5) is 0 Å². The molecule has 0 radical (unpaired) electrons. The predicted octanol–water partition coefficient (Wildman–Crippen LogP) is 2.69. The summed E-state index contributed by atoms with van der Waals surface area (Å²) in [4.78, 5) is 7.11. The monoisotopic (exact) mass is 396 g/mol. The van der Waals surface area contributed by atoms with Gasteiger partial charge in [-0.2, -0.15) is 0 Å². The minimum atomic E-state index is 0. The van der Waals surface area contributed by atoms with E-state index >= 15 is 0 Å². The summed E-state index contributed by atoms with van der Waals surface area (Å²) in [6, 6.07) is 0.576. The van der Waals surface area contributed by atoms with Crippen LogP contribution in [-0.2, 0) is 0 Å². The van der Waals surface area contributed by atoms with Gasteiger partial charge >= 0.3 is 0 Å². The van der Waals surface area contributed by atoms with E-state index < -0.39 is 0 Å². The molecule has 0 aliphatic heterocycles. The fourth-order valence-corrected chi connectivity index (χ4v) is 2.95. The van der Waals surface area contributed by atoms with E-state index in [2.05, 4.69) is 43.5 Å². The van der Waals surface area contributed by atoms with Gasteiger partial charge in [-0.05, 0) is 46.7 Å². The maximum Gasteiger partial charge on any atom is 0.191 e. The molecule has 1 unspecified atom stereocenters. The molecule has 0 spiro atoms. The van der Waals surface area contributed by atoms with Crippen molar-refractivity contribution in [1.82, 2.24) is 15.5 Å². The minimum Gasteiger partial charge on any atom is -0.357 e. The Balaban J connectivity index is 0.00000361. The number of guanidine groups is 1. The summed E-state index contributed by atoms with van der Waals surface area (Å²) in [5, 5.41) is 6.60. The van der Waals surface area contributed by atoms with E-state index in [1.807, 2.05) is 0 Å². The van der Waals surface area contributed by atoms with Crippen molar-refractivity contribution >= 4 is 29.9 Å². The summed E-state index contributed by atoms with van der Waals surface area (Å²) in [5.41, 5.74) is 0. The van der Waals surface area contributed by atoms with Gasteiger partial charge in [0, 0.05) is 19.1 Å². The molecule has 0 aromatic heterocycles. The molecule has 120 valence electrons. The number of likely N-dealkylation sites (N-methyl/N-ethyl adjacent to an activating group) is 1. The van der Waals surface area contributed by atoms with Crippen molar-refractivity contribution in [2.45, 2.75) is 52.0 Å². The average Bonchev–Trinajstić information content (AvgIpc) is 2.40. The van der Waals surface area contributed by atoms with E-state index in [4.69, 9.17) is 4.99 Å². The minimum absolute atomic E-state index is 0. The molecule has 1 aliphatic rings. The first-order valence-electron chi connectivity index (χ1n) is 7.87. The van der Waals surface area contributed by atoms with Gasteiger partial charge in [0.05, 0.1) is 6.54 Å². The van der Waals surface area contributed by atoms with Gasteiger partial charge < -0.3 is 15.5 Å². The second kappa shape index (κ2) is 11.6. The lowest BCUT2D eigenvalue weighted by molar-refractivity contribution is 0.176. The topological polar surface area (TPSA) is 39.7 Å². The van der Waals surface area contributed by atoms with Crippen LogP contribution in [0.1, 0.15) is 46.0 Å². The standard InChI is InChI=1S/C15H32N4.HI/c1-5-16-15(17-6-2)18-12-14(19(3)4)13-10-8-7-9-11-13;/h13-14H,5-12H2,1-4H3,(H2,16,17,18);1H. The van der Waals surface area contributed by atoms with Crippen molar-refractivity contribution in [3.05, 3.63) is 0 Å². The Bertz CT molecular complexity index is 255. The lowest BCUT2D eigenvalue weighted by atomic mass is 9.83. The van der Waals surface area contributed by atoms with E-state index in [-0.39, 0.29) is 24.0 Å². The van der Waals surface area contributed by atoms with Crippen LogP contribution in [-0.4, -0.2) is 50.6 Å². The second-order valence-corrected chi connectivity index (χ2v) is 5.68. The molecule has 0 bridgehead atoms. The van der Waals surface area contributed by atoms with Crippen molar-refractivity contribution in [2.75, 3.05) is 33.7 Å². The van der Waals surface area contributed by atoms with Crippen LogP contribution < -0.4 is 10.6 Å². The molecule has 5 heteroatoms. The van der Waals surface area contributed by atoms with Crippen molar-refractivity contribution in [2.24, 2.45) is 10.9 Å². The molecule has 2 N–H and O–H groups in total. The van der Waals surface area contributed by atoms with E-state index in [1.165, 1.54) is 32.1 Å². The lowest BCUT2D eigenvalue weighted by Gasteiger charge is -2.34. The first-order chi connectivity index (χ1) is 9.19. The van der Waals surface area contributed by atoms with Gasteiger partial charge in [-0.3, -0.25) is 4.99 Å². The Hall–Kier alpha value is -0.0400. The van der Waals surface area contributed by atoms with Crippen LogP contribution in [0.2, 0.25) is 0 Å². The van der Waals surface area contributed by atoms with Crippen LogP contribution in [0.25, 0.3) is 0 Å². The Morgan fingerprint density at radius 1 is 1.10 bits per heavy atom. The summed E-state index contributed by atoms with van der Waals surface area (Å²) in [6.45, 7) is 6.95. The van der Waals surface area contributed by atoms with Crippen molar-refractivity contribution in [1.29, 1.82) is 0 Å². The zero-order valence-electron chi connectivity index (χ0n) is 13.6. The number of hydrogen-bond donors (Lipinski definition) is 2. The van der Waals surface area contributed by atoms with Crippen LogP contribution >= 0.6 is 24.0 Å². The summed E-state index contributed by atoms with van der Waals surface area (Å²) >= 11 is 0. The first-order valence-corrected chi connectivity index (χ1v) is 7.87. The number of hydrogen-bond acceptors (Lipinski definition) is 2. The van der Waals surface area contributed by atoms with Crippen molar-refractivity contribution in [3.63, 3.8) is 0 Å². The summed E-state index contributed by atoms with van der Waals surface area (Å²) in [5.74, 6) is 1.77. The van der Waals surface area contributed by atoms with Crippen molar-refractivity contribution < 1.29 is 0 Å². The SMILES string of the molecule is CCNC(=NCC(C1CCCCC1)N(C)C)NCC.I. The van der Waals surface area contributed by atoms with Gasteiger partial charge in [0.2, 0.25) is 0 Å². The highest BCUT2D eigenvalue weighted by Crippen LogP contribution is 2.28. The predicted molar refractivity (Wildman–Crippen MR) is 99.1 cm³/mol. The molecule has 1 aliphatic carbocycles. The highest BCUT2D eigenvalue weighted by Gasteiger charge is 2.25. The number of nitrogens with one attached hydrogen (secondary N) is 2. The van der Waals surface area contributed by atoms with Crippen LogP contribution in [0, 0.1) is 5.92 Å². The molecule has 20 heavy (non-hydrogen) atoms. The molecule has 1 rings (SSSR count). The third kappa shape index (κ3) is 7.11. The third-order valence-corrected chi connectivity index (χ3v) is 3.98. The molecule has 0 heterocycles. The zero-order chi connectivity index (χ0) is 14.1. The maximum absolute atomic E-state index is 4.75. The number of halogens is 1.